The molecule has 0 bridgehead atoms. The number of carbonyl (C=O) groups is 1. The lowest BCUT2D eigenvalue weighted by Crippen LogP contribution is -2.48. The fraction of sp³-hybridized carbons (Fsp3) is 0.630. The highest BCUT2D eigenvalue weighted by atomic mass is 16.5. The highest BCUT2D eigenvalue weighted by molar-refractivity contribution is 5.76. The van der Waals surface area contributed by atoms with Crippen LogP contribution in [0.5, 0.6) is 5.75 Å². The van der Waals surface area contributed by atoms with Crippen molar-refractivity contribution in [3.8, 4) is 5.75 Å². The van der Waals surface area contributed by atoms with Crippen molar-refractivity contribution in [2.45, 2.75) is 59.0 Å². The van der Waals surface area contributed by atoms with Crippen molar-refractivity contribution in [1.82, 2.24) is 19.6 Å². The predicted octanol–water partition coefficient (Wildman–Crippen LogP) is 3.88. The molecule has 1 aromatic carbocycles. The van der Waals surface area contributed by atoms with Gasteiger partial charge >= 0.3 is 0 Å². The van der Waals surface area contributed by atoms with E-state index in [0.29, 0.717) is 30.9 Å². The molecule has 0 spiro atoms. The molecule has 0 saturated carbocycles. The largest absolute Gasteiger partial charge is 0.494 e. The van der Waals surface area contributed by atoms with Gasteiger partial charge in [0, 0.05) is 44.8 Å². The maximum absolute atomic E-state index is 12.8. The molecule has 0 atom stereocenters. The molecule has 2 aromatic rings. The summed E-state index contributed by atoms with van der Waals surface area (Å²) >= 11 is 0. The number of anilines is 1. The predicted molar refractivity (Wildman–Crippen MR) is 136 cm³/mol. The second kappa shape index (κ2) is 11.7. The molecule has 1 aromatic heterocycles. The van der Waals surface area contributed by atoms with Crippen molar-refractivity contribution in [3.63, 3.8) is 0 Å². The van der Waals surface area contributed by atoms with Crippen LogP contribution in [0.15, 0.2) is 36.7 Å². The second-order valence-electron chi connectivity index (χ2n) is 9.96. The molecule has 186 valence electrons. The molecule has 7 nitrogen and oxygen atoms in total. The number of benzene rings is 1. The molecule has 3 heterocycles. The SMILES string of the molecule is CCOc1cccc(Cn2cc(N3CCN(C(=O)CCC4CCN(C(C)C)CC4)CC3)cn2)c1. The van der Waals surface area contributed by atoms with E-state index in [0.717, 1.165) is 50.6 Å². The number of amides is 1. The van der Waals surface area contributed by atoms with Gasteiger partial charge in [-0.25, -0.2) is 0 Å². The minimum atomic E-state index is 0.329. The zero-order chi connectivity index (χ0) is 23.9. The van der Waals surface area contributed by atoms with E-state index in [1.165, 1.54) is 31.5 Å². The number of hydrogen-bond acceptors (Lipinski definition) is 5. The first-order valence-electron chi connectivity index (χ1n) is 13.0. The molecule has 2 aliphatic heterocycles. The summed E-state index contributed by atoms with van der Waals surface area (Å²) in [7, 11) is 0. The van der Waals surface area contributed by atoms with Crippen LogP contribution in [0.3, 0.4) is 0 Å². The van der Waals surface area contributed by atoms with E-state index in [2.05, 4.69) is 52.0 Å². The molecular weight excluding hydrogens is 426 g/mol. The standard InChI is InChI=1S/C27H41N5O2/c1-4-34-26-7-5-6-24(18-26)20-32-21-25(19-28-32)30-14-16-31(17-15-30)27(33)9-8-23-10-12-29(13-11-23)22(2)3/h5-7,18-19,21-23H,4,8-17,20H2,1-3H3. The topological polar surface area (TPSA) is 53.8 Å². The van der Waals surface area contributed by atoms with Crippen molar-refractivity contribution >= 4 is 11.6 Å². The van der Waals surface area contributed by atoms with E-state index >= 15 is 0 Å². The van der Waals surface area contributed by atoms with E-state index < -0.39 is 0 Å². The first-order valence-corrected chi connectivity index (χ1v) is 13.0. The molecular formula is C27H41N5O2. The Kier molecular flexibility index (Phi) is 8.48. The third-order valence-corrected chi connectivity index (χ3v) is 7.32. The van der Waals surface area contributed by atoms with E-state index in [9.17, 15) is 4.79 Å². The van der Waals surface area contributed by atoms with E-state index in [1.54, 1.807) is 0 Å². The number of piperidine rings is 1. The summed E-state index contributed by atoms with van der Waals surface area (Å²) in [6, 6.07) is 8.82. The van der Waals surface area contributed by atoms with Gasteiger partial charge in [-0.3, -0.25) is 9.48 Å². The van der Waals surface area contributed by atoms with Gasteiger partial charge in [-0.2, -0.15) is 5.10 Å². The number of ether oxygens (including phenoxy) is 1. The van der Waals surface area contributed by atoms with Crippen molar-refractivity contribution in [2.24, 2.45) is 5.92 Å². The van der Waals surface area contributed by atoms with Gasteiger partial charge in [0.15, 0.2) is 0 Å². The minimum absolute atomic E-state index is 0.329. The number of carbonyl (C=O) groups excluding carboxylic acids is 1. The molecule has 7 heteroatoms. The van der Waals surface area contributed by atoms with Crippen LogP contribution in [0.1, 0.15) is 52.0 Å². The average Bonchev–Trinajstić information content (AvgIpc) is 3.32. The highest BCUT2D eigenvalue weighted by Crippen LogP contribution is 2.24. The van der Waals surface area contributed by atoms with E-state index in [4.69, 9.17) is 4.74 Å². The van der Waals surface area contributed by atoms with E-state index in [1.807, 2.05) is 29.9 Å². The van der Waals surface area contributed by atoms with Gasteiger partial charge in [-0.05, 0) is 76.7 Å². The normalized spacial score (nSPS) is 18.0. The van der Waals surface area contributed by atoms with Gasteiger partial charge in [0.05, 0.1) is 25.0 Å². The van der Waals surface area contributed by atoms with Gasteiger partial charge in [0.1, 0.15) is 5.75 Å². The molecule has 2 fully saturated rings. The number of likely N-dealkylation sites (tertiary alicyclic amines) is 1. The molecule has 2 aliphatic rings. The second-order valence-corrected chi connectivity index (χ2v) is 9.96. The smallest absolute Gasteiger partial charge is 0.222 e. The van der Waals surface area contributed by atoms with Crippen LogP contribution in [-0.4, -0.2) is 77.4 Å². The Morgan fingerprint density at radius 3 is 2.59 bits per heavy atom. The maximum Gasteiger partial charge on any atom is 0.222 e. The Hall–Kier alpha value is -2.54. The lowest BCUT2D eigenvalue weighted by molar-refractivity contribution is -0.131. The van der Waals surface area contributed by atoms with Crippen molar-refractivity contribution < 1.29 is 9.53 Å². The number of nitrogens with zero attached hydrogens (tertiary/aromatic N) is 5. The minimum Gasteiger partial charge on any atom is -0.494 e. The van der Waals surface area contributed by atoms with Crippen molar-refractivity contribution in [1.29, 1.82) is 0 Å². The highest BCUT2D eigenvalue weighted by Gasteiger charge is 2.25. The number of piperazine rings is 1. The van der Waals surface area contributed by atoms with Crippen LogP contribution in [0.25, 0.3) is 0 Å². The zero-order valence-electron chi connectivity index (χ0n) is 21.2. The summed E-state index contributed by atoms with van der Waals surface area (Å²) in [4.78, 5) is 19.8. The number of rotatable bonds is 9. The van der Waals surface area contributed by atoms with Crippen LogP contribution in [0.2, 0.25) is 0 Å². The molecule has 4 rings (SSSR count). The van der Waals surface area contributed by atoms with Gasteiger partial charge in [0.2, 0.25) is 5.91 Å². The first kappa shape index (κ1) is 24.6. The molecule has 0 unspecified atom stereocenters. The number of aromatic nitrogens is 2. The van der Waals surface area contributed by atoms with Crippen LogP contribution < -0.4 is 9.64 Å². The fourth-order valence-electron chi connectivity index (χ4n) is 5.15. The monoisotopic (exact) mass is 467 g/mol. The Morgan fingerprint density at radius 1 is 1.12 bits per heavy atom. The molecule has 2 saturated heterocycles. The zero-order valence-corrected chi connectivity index (χ0v) is 21.2. The van der Waals surface area contributed by atoms with Crippen LogP contribution in [-0.2, 0) is 11.3 Å². The van der Waals surface area contributed by atoms with Crippen LogP contribution >= 0.6 is 0 Å². The Bertz CT molecular complexity index is 911. The summed E-state index contributed by atoms with van der Waals surface area (Å²) in [5, 5.41) is 4.56. The fourth-order valence-corrected chi connectivity index (χ4v) is 5.15. The van der Waals surface area contributed by atoms with Gasteiger partial charge in [-0.15, -0.1) is 0 Å². The molecule has 34 heavy (non-hydrogen) atoms. The van der Waals surface area contributed by atoms with Gasteiger partial charge in [-0.1, -0.05) is 12.1 Å². The lowest BCUT2D eigenvalue weighted by atomic mass is 9.91. The third-order valence-electron chi connectivity index (χ3n) is 7.32. The van der Waals surface area contributed by atoms with Crippen LogP contribution in [0, 0.1) is 5.92 Å². The average molecular weight is 468 g/mol. The quantitative estimate of drug-likeness (QED) is 0.560. The maximum atomic E-state index is 12.8. The lowest BCUT2D eigenvalue weighted by Gasteiger charge is -2.36. The summed E-state index contributed by atoms with van der Waals surface area (Å²) in [6.07, 6.45) is 8.26. The number of hydrogen-bond donors (Lipinski definition) is 0. The Labute approximate surface area is 204 Å². The van der Waals surface area contributed by atoms with Crippen molar-refractivity contribution in [3.05, 3.63) is 42.2 Å². The molecule has 1 amide bonds. The Morgan fingerprint density at radius 2 is 1.88 bits per heavy atom. The third kappa shape index (κ3) is 6.53. The summed E-state index contributed by atoms with van der Waals surface area (Å²) in [5.41, 5.74) is 2.30. The Balaban J connectivity index is 1.20. The van der Waals surface area contributed by atoms with Gasteiger partial charge in [0.25, 0.3) is 0 Å². The van der Waals surface area contributed by atoms with E-state index in [-0.39, 0.29) is 0 Å². The van der Waals surface area contributed by atoms with Gasteiger partial charge < -0.3 is 19.4 Å². The summed E-state index contributed by atoms with van der Waals surface area (Å²) in [6.45, 7) is 13.6. The molecule has 0 aliphatic carbocycles. The van der Waals surface area contributed by atoms with Crippen molar-refractivity contribution in [2.75, 3.05) is 50.8 Å². The van der Waals surface area contributed by atoms with Crippen LogP contribution in [0.4, 0.5) is 5.69 Å². The summed E-state index contributed by atoms with van der Waals surface area (Å²) in [5.74, 6) is 1.94. The molecule has 0 radical (unpaired) electrons. The first-order chi connectivity index (χ1) is 16.5. The summed E-state index contributed by atoms with van der Waals surface area (Å²) < 4.78 is 7.58. The molecule has 0 N–H and O–H groups in total.